The monoisotopic (exact) mass is 438 g/mol. The van der Waals surface area contributed by atoms with Crippen molar-refractivity contribution in [3.05, 3.63) is 65.5 Å². The van der Waals surface area contributed by atoms with Crippen molar-refractivity contribution in [2.45, 2.75) is 18.6 Å². The zero-order valence-corrected chi connectivity index (χ0v) is 18.6. The van der Waals surface area contributed by atoms with Crippen molar-refractivity contribution in [3.63, 3.8) is 0 Å². The number of thioether (sulfide) groups is 1. The van der Waals surface area contributed by atoms with E-state index in [1.54, 1.807) is 7.11 Å². The molecule has 1 aliphatic rings. The van der Waals surface area contributed by atoms with Gasteiger partial charge in [-0.2, -0.15) is 0 Å². The number of methoxy groups -OCH3 is 1. The molecule has 2 aromatic carbocycles. The van der Waals surface area contributed by atoms with Crippen molar-refractivity contribution in [1.29, 1.82) is 0 Å². The fourth-order valence-corrected chi connectivity index (χ4v) is 4.22. The maximum atomic E-state index is 12.6. The molecule has 1 fully saturated rings. The first-order valence-corrected chi connectivity index (χ1v) is 11.3. The number of amides is 1. The standard InChI is InChI=1S/C23H26N4O3S/c1-17-4-3-5-19(14-17)26-10-12-27(13-11-26)22(28)16-31-23-25-24-21(30-23)15-18-6-8-20(29-2)9-7-18/h3-9,14H,10-13,15-16H2,1-2H3. The fourth-order valence-electron chi connectivity index (χ4n) is 3.54. The molecule has 1 aliphatic heterocycles. The second kappa shape index (κ2) is 9.87. The van der Waals surface area contributed by atoms with Gasteiger partial charge >= 0.3 is 0 Å². The van der Waals surface area contributed by atoms with Crippen LogP contribution in [0.25, 0.3) is 0 Å². The smallest absolute Gasteiger partial charge is 0.277 e. The molecule has 31 heavy (non-hydrogen) atoms. The molecule has 162 valence electrons. The number of aromatic nitrogens is 2. The first kappa shape index (κ1) is 21.2. The van der Waals surface area contributed by atoms with E-state index >= 15 is 0 Å². The van der Waals surface area contributed by atoms with Gasteiger partial charge in [0.05, 0.1) is 19.3 Å². The molecule has 1 saturated heterocycles. The highest BCUT2D eigenvalue weighted by atomic mass is 32.2. The van der Waals surface area contributed by atoms with Gasteiger partial charge in [-0.05, 0) is 42.3 Å². The van der Waals surface area contributed by atoms with Gasteiger partial charge in [-0.3, -0.25) is 4.79 Å². The fraction of sp³-hybridized carbons (Fsp3) is 0.348. The van der Waals surface area contributed by atoms with Crippen molar-refractivity contribution in [2.24, 2.45) is 0 Å². The minimum atomic E-state index is 0.101. The highest BCUT2D eigenvalue weighted by Gasteiger charge is 2.22. The quantitative estimate of drug-likeness (QED) is 0.524. The lowest BCUT2D eigenvalue weighted by atomic mass is 10.1. The number of carbonyl (C=O) groups excluding carboxylic acids is 1. The van der Waals surface area contributed by atoms with E-state index in [9.17, 15) is 4.79 Å². The molecule has 0 saturated carbocycles. The second-order valence-corrected chi connectivity index (χ2v) is 8.41. The Labute approximate surface area is 186 Å². The molecular formula is C23H26N4O3S. The number of carbonyl (C=O) groups is 1. The molecule has 0 atom stereocenters. The van der Waals surface area contributed by atoms with E-state index in [4.69, 9.17) is 9.15 Å². The third-order valence-corrected chi connectivity index (χ3v) is 6.08. The first-order valence-electron chi connectivity index (χ1n) is 10.3. The Hall–Kier alpha value is -3.00. The maximum absolute atomic E-state index is 12.6. The van der Waals surface area contributed by atoms with Crippen LogP contribution in [0.3, 0.4) is 0 Å². The SMILES string of the molecule is COc1ccc(Cc2nnc(SCC(=O)N3CCN(c4cccc(C)c4)CC3)o2)cc1. The topological polar surface area (TPSA) is 71.7 Å². The van der Waals surface area contributed by atoms with Crippen molar-refractivity contribution in [1.82, 2.24) is 15.1 Å². The van der Waals surface area contributed by atoms with Gasteiger partial charge < -0.3 is 19.0 Å². The molecule has 0 radical (unpaired) electrons. The molecule has 1 aromatic heterocycles. The van der Waals surface area contributed by atoms with E-state index in [2.05, 4.69) is 46.3 Å². The van der Waals surface area contributed by atoms with Gasteiger partial charge in [0.2, 0.25) is 11.8 Å². The molecule has 2 heterocycles. The third kappa shape index (κ3) is 5.58. The number of rotatable bonds is 7. The van der Waals surface area contributed by atoms with Crippen LogP contribution in [-0.2, 0) is 11.2 Å². The molecule has 7 nitrogen and oxygen atoms in total. The van der Waals surface area contributed by atoms with E-state index in [1.807, 2.05) is 29.2 Å². The molecule has 0 bridgehead atoms. The Bertz CT molecular complexity index is 1010. The summed E-state index contributed by atoms with van der Waals surface area (Å²) in [5.41, 5.74) is 3.53. The van der Waals surface area contributed by atoms with Crippen molar-refractivity contribution >= 4 is 23.4 Å². The third-order valence-electron chi connectivity index (χ3n) is 5.28. The second-order valence-electron chi connectivity index (χ2n) is 7.48. The summed E-state index contributed by atoms with van der Waals surface area (Å²) in [6.07, 6.45) is 0.548. The van der Waals surface area contributed by atoms with Gasteiger partial charge in [-0.25, -0.2) is 0 Å². The van der Waals surface area contributed by atoms with Crippen LogP contribution in [0.2, 0.25) is 0 Å². The average molecular weight is 439 g/mol. The number of nitrogens with zero attached hydrogens (tertiary/aromatic N) is 4. The molecule has 4 rings (SSSR count). The number of aryl methyl sites for hydroxylation is 1. The van der Waals surface area contributed by atoms with Crippen LogP contribution in [0, 0.1) is 6.92 Å². The van der Waals surface area contributed by atoms with Crippen LogP contribution in [0.1, 0.15) is 17.0 Å². The Morgan fingerprint density at radius 3 is 2.58 bits per heavy atom. The number of piperazine rings is 1. The predicted molar refractivity (Wildman–Crippen MR) is 121 cm³/mol. The molecule has 8 heteroatoms. The van der Waals surface area contributed by atoms with Gasteiger partial charge in [0, 0.05) is 31.9 Å². The molecule has 0 N–H and O–H groups in total. The van der Waals surface area contributed by atoms with E-state index in [0.717, 1.165) is 37.5 Å². The maximum Gasteiger partial charge on any atom is 0.277 e. The highest BCUT2D eigenvalue weighted by molar-refractivity contribution is 7.99. The molecule has 0 spiro atoms. The minimum absolute atomic E-state index is 0.101. The largest absolute Gasteiger partial charge is 0.497 e. The van der Waals surface area contributed by atoms with E-state index < -0.39 is 0 Å². The zero-order valence-electron chi connectivity index (χ0n) is 17.8. The van der Waals surface area contributed by atoms with Gasteiger partial charge in [-0.1, -0.05) is 36.0 Å². The lowest BCUT2D eigenvalue weighted by Gasteiger charge is -2.36. The number of hydrogen-bond donors (Lipinski definition) is 0. The van der Waals surface area contributed by atoms with E-state index in [1.165, 1.54) is 23.0 Å². The summed E-state index contributed by atoms with van der Waals surface area (Å²) in [6, 6.07) is 16.2. The zero-order chi connectivity index (χ0) is 21.6. The Morgan fingerprint density at radius 1 is 1.10 bits per heavy atom. The number of ether oxygens (including phenoxy) is 1. The van der Waals surface area contributed by atoms with Gasteiger partial charge in [0.25, 0.3) is 5.22 Å². The molecule has 3 aromatic rings. The Balaban J connectivity index is 1.24. The molecule has 1 amide bonds. The van der Waals surface area contributed by atoms with Crippen LogP contribution in [0.5, 0.6) is 5.75 Å². The summed E-state index contributed by atoms with van der Waals surface area (Å²) in [6.45, 7) is 5.22. The first-order chi connectivity index (χ1) is 15.1. The van der Waals surface area contributed by atoms with Crippen LogP contribution < -0.4 is 9.64 Å². The highest BCUT2D eigenvalue weighted by Crippen LogP contribution is 2.21. The average Bonchev–Trinajstić information content (AvgIpc) is 3.25. The molecule has 0 aliphatic carbocycles. The van der Waals surface area contributed by atoms with Gasteiger partial charge in [-0.15, -0.1) is 10.2 Å². The van der Waals surface area contributed by atoms with Crippen LogP contribution in [0.4, 0.5) is 5.69 Å². The van der Waals surface area contributed by atoms with Crippen LogP contribution in [0.15, 0.2) is 58.2 Å². The minimum Gasteiger partial charge on any atom is -0.497 e. The number of anilines is 1. The number of hydrogen-bond acceptors (Lipinski definition) is 7. The van der Waals surface area contributed by atoms with Crippen molar-refractivity contribution in [2.75, 3.05) is 43.9 Å². The van der Waals surface area contributed by atoms with E-state index in [-0.39, 0.29) is 5.91 Å². The summed E-state index contributed by atoms with van der Waals surface area (Å²) in [5.74, 6) is 1.74. The Morgan fingerprint density at radius 2 is 1.87 bits per heavy atom. The van der Waals surface area contributed by atoms with Crippen molar-refractivity contribution < 1.29 is 13.9 Å². The summed E-state index contributed by atoms with van der Waals surface area (Å²) in [5, 5.41) is 8.59. The van der Waals surface area contributed by atoms with Gasteiger partial charge in [0.15, 0.2) is 0 Å². The Kier molecular flexibility index (Phi) is 6.76. The molecular weight excluding hydrogens is 412 g/mol. The lowest BCUT2D eigenvalue weighted by Crippen LogP contribution is -2.49. The van der Waals surface area contributed by atoms with Crippen molar-refractivity contribution in [3.8, 4) is 5.75 Å². The number of benzene rings is 2. The summed E-state index contributed by atoms with van der Waals surface area (Å²) in [4.78, 5) is 16.8. The molecule has 0 unspecified atom stereocenters. The summed E-state index contributed by atoms with van der Waals surface area (Å²) < 4.78 is 10.9. The van der Waals surface area contributed by atoms with E-state index in [0.29, 0.717) is 23.3 Å². The predicted octanol–water partition coefficient (Wildman–Crippen LogP) is 3.42. The van der Waals surface area contributed by atoms with Gasteiger partial charge in [0.1, 0.15) is 5.75 Å². The summed E-state index contributed by atoms with van der Waals surface area (Å²) in [7, 11) is 1.64. The normalized spacial score (nSPS) is 14.0. The van der Waals surface area contributed by atoms with Crippen LogP contribution >= 0.6 is 11.8 Å². The lowest BCUT2D eigenvalue weighted by molar-refractivity contribution is -0.128. The summed E-state index contributed by atoms with van der Waals surface area (Å²) >= 11 is 1.29. The van der Waals surface area contributed by atoms with Crippen LogP contribution in [-0.4, -0.2) is 60.0 Å².